The first-order valence-corrected chi connectivity index (χ1v) is 7.42. The highest BCUT2D eigenvalue weighted by Gasteiger charge is 2.18. The van der Waals surface area contributed by atoms with Crippen molar-refractivity contribution in [2.75, 3.05) is 17.2 Å². The monoisotopic (exact) mass is 282 g/mol. The molecule has 2 aromatic rings. The highest BCUT2D eigenvalue weighted by Crippen LogP contribution is 2.21. The highest BCUT2D eigenvalue weighted by atomic mass is 16.2. The first-order valence-electron chi connectivity index (χ1n) is 7.42. The zero-order chi connectivity index (χ0) is 15.2. The molecular formula is C18H22N2O. The lowest BCUT2D eigenvalue weighted by Crippen LogP contribution is -2.32. The molecule has 0 heterocycles. The summed E-state index contributed by atoms with van der Waals surface area (Å²) in [6.45, 7) is 4.84. The summed E-state index contributed by atoms with van der Waals surface area (Å²) in [6, 6.07) is 15.3. The number of benzene rings is 2. The predicted octanol–water partition coefficient (Wildman–Crippen LogP) is 3.89. The smallest absolute Gasteiger partial charge is 0.258 e. The van der Waals surface area contributed by atoms with Gasteiger partial charge >= 0.3 is 0 Å². The van der Waals surface area contributed by atoms with Crippen molar-refractivity contribution in [3.05, 3.63) is 59.7 Å². The Morgan fingerprint density at radius 3 is 2.33 bits per heavy atom. The van der Waals surface area contributed by atoms with Gasteiger partial charge in [0.25, 0.3) is 5.91 Å². The van der Waals surface area contributed by atoms with E-state index in [1.807, 2.05) is 53.4 Å². The SMILES string of the molecule is CCCN(C(=O)c1ccccc1CC)c1ccc(N)cc1. The molecule has 3 nitrogen and oxygen atoms in total. The molecule has 0 bridgehead atoms. The summed E-state index contributed by atoms with van der Waals surface area (Å²) >= 11 is 0. The first kappa shape index (κ1) is 15.1. The minimum absolute atomic E-state index is 0.0547. The number of nitrogen functional groups attached to an aromatic ring is 1. The molecule has 0 fully saturated rings. The molecule has 110 valence electrons. The average Bonchev–Trinajstić information content (AvgIpc) is 2.53. The Bertz CT molecular complexity index is 605. The maximum atomic E-state index is 12.9. The van der Waals surface area contributed by atoms with Crippen molar-refractivity contribution in [1.82, 2.24) is 0 Å². The van der Waals surface area contributed by atoms with Crippen LogP contribution in [-0.4, -0.2) is 12.5 Å². The molecule has 0 saturated carbocycles. The Balaban J connectivity index is 2.37. The second-order valence-corrected chi connectivity index (χ2v) is 5.06. The molecule has 0 spiro atoms. The van der Waals surface area contributed by atoms with Gasteiger partial charge in [-0.25, -0.2) is 0 Å². The van der Waals surface area contributed by atoms with E-state index in [4.69, 9.17) is 5.73 Å². The molecule has 0 radical (unpaired) electrons. The van der Waals surface area contributed by atoms with E-state index in [-0.39, 0.29) is 5.91 Å². The van der Waals surface area contributed by atoms with Crippen LogP contribution >= 0.6 is 0 Å². The number of nitrogens with two attached hydrogens (primary N) is 1. The molecular weight excluding hydrogens is 260 g/mol. The van der Waals surface area contributed by atoms with Gasteiger partial charge in [-0.15, -0.1) is 0 Å². The van der Waals surface area contributed by atoms with Crippen molar-refractivity contribution >= 4 is 17.3 Å². The van der Waals surface area contributed by atoms with Gasteiger partial charge in [0.1, 0.15) is 0 Å². The molecule has 0 atom stereocenters. The second kappa shape index (κ2) is 6.93. The van der Waals surface area contributed by atoms with Crippen molar-refractivity contribution < 1.29 is 4.79 Å². The maximum Gasteiger partial charge on any atom is 0.258 e. The summed E-state index contributed by atoms with van der Waals surface area (Å²) in [6.07, 6.45) is 1.76. The Kier molecular flexibility index (Phi) is 4.99. The van der Waals surface area contributed by atoms with Crippen LogP contribution in [0.4, 0.5) is 11.4 Å². The van der Waals surface area contributed by atoms with E-state index < -0.39 is 0 Å². The molecule has 2 aromatic carbocycles. The minimum Gasteiger partial charge on any atom is -0.399 e. The van der Waals surface area contributed by atoms with E-state index in [1.54, 1.807) is 0 Å². The van der Waals surface area contributed by atoms with Crippen LogP contribution in [0.2, 0.25) is 0 Å². The van der Waals surface area contributed by atoms with Gasteiger partial charge in [0, 0.05) is 23.5 Å². The first-order chi connectivity index (χ1) is 10.2. The Hall–Kier alpha value is -2.29. The van der Waals surface area contributed by atoms with Gasteiger partial charge in [-0.3, -0.25) is 4.79 Å². The molecule has 0 saturated heterocycles. The van der Waals surface area contributed by atoms with Crippen LogP contribution in [-0.2, 0) is 6.42 Å². The number of hydrogen-bond donors (Lipinski definition) is 1. The van der Waals surface area contributed by atoms with Gasteiger partial charge < -0.3 is 10.6 Å². The van der Waals surface area contributed by atoms with Crippen molar-refractivity contribution in [2.24, 2.45) is 0 Å². The lowest BCUT2D eigenvalue weighted by Gasteiger charge is -2.23. The van der Waals surface area contributed by atoms with E-state index in [1.165, 1.54) is 0 Å². The molecule has 0 aliphatic heterocycles. The second-order valence-electron chi connectivity index (χ2n) is 5.06. The van der Waals surface area contributed by atoms with E-state index in [9.17, 15) is 4.79 Å². The fourth-order valence-electron chi connectivity index (χ4n) is 2.41. The van der Waals surface area contributed by atoms with Crippen LogP contribution in [0.25, 0.3) is 0 Å². The fraction of sp³-hybridized carbons (Fsp3) is 0.278. The maximum absolute atomic E-state index is 12.9. The lowest BCUT2D eigenvalue weighted by molar-refractivity contribution is 0.0986. The normalized spacial score (nSPS) is 10.4. The topological polar surface area (TPSA) is 46.3 Å². The average molecular weight is 282 g/mol. The van der Waals surface area contributed by atoms with E-state index in [0.717, 1.165) is 29.7 Å². The van der Waals surface area contributed by atoms with Gasteiger partial charge in [0.05, 0.1) is 0 Å². The van der Waals surface area contributed by atoms with Gasteiger partial charge in [-0.05, 0) is 48.7 Å². The molecule has 2 N–H and O–H groups in total. The molecule has 1 amide bonds. The van der Waals surface area contributed by atoms with Crippen molar-refractivity contribution in [3.8, 4) is 0 Å². The summed E-state index contributed by atoms with van der Waals surface area (Å²) in [5.74, 6) is 0.0547. The van der Waals surface area contributed by atoms with Crippen LogP contribution in [0.5, 0.6) is 0 Å². The van der Waals surface area contributed by atoms with Crippen LogP contribution in [0, 0.1) is 0 Å². The summed E-state index contributed by atoms with van der Waals surface area (Å²) in [4.78, 5) is 14.7. The zero-order valence-electron chi connectivity index (χ0n) is 12.7. The number of carbonyl (C=O) groups is 1. The quantitative estimate of drug-likeness (QED) is 0.846. The third-order valence-corrected chi connectivity index (χ3v) is 3.53. The summed E-state index contributed by atoms with van der Waals surface area (Å²) in [5, 5.41) is 0. The minimum atomic E-state index is 0.0547. The fourth-order valence-corrected chi connectivity index (χ4v) is 2.41. The van der Waals surface area contributed by atoms with Crippen LogP contribution in [0.15, 0.2) is 48.5 Å². The number of hydrogen-bond acceptors (Lipinski definition) is 2. The van der Waals surface area contributed by atoms with Crippen LogP contribution in [0.3, 0.4) is 0 Å². The van der Waals surface area contributed by atoms with Gasteiger partial charge in [-0.1, -0.05) is 32.0 Å². The van der Waals surface area contributed by atoms with Crippen LogP contribution < -0.4 is 10.6 Å². The summed E-state index contributed by atoms with van der Waals surface area (Å²) in [7, 11) is 0. The summed E-state index contributed by atoms with van der Waals surface area (Å²) in [5.41, 5.74) is 9.19. The van der Waals surface area contributed by atoms with E-state index in [2.05, 4.69) is 13.8 Å². The molecule has 0 aromatic heterocycles. The Labute approximate surface area is 126 Å². The van der Waals surface area contributed by atoms with Gasteiger partial charge in [0.2, 0.25) is 0 Å². The third-order valence-electron chi connectivity index (χ3n) is 3.53. The molecule has 2 rings (SSSR count). The molecule has 21 heavy (non-hydrogen) atoms. The number of anilines is 2. The highest BCUT2D eigenvalue weighted by molar-refractivity contribution is 6.07. The Morgan fingerprint density at radius 2 is 1.71 bits per heavy atom. The van der Waals surface area contributed by atoms with E-state index in [0.29, 0.717) is 12.2 Å². The standard InChI is InChI=1S/C18H22N2O/c1-3-13-20(16-11-9-15(19)10-12-16)18(21)17-8-6-5-7-14(17)4-2/h5-12H,3-4,13,19H2,1-2H3. The third kappa shape index (κ3) is 3.43. The Morgan fingerprint density at radius 1 is 1.05 bits per heavy atom. The summed E-state index contributed by atoms with van der Waals surface area (Å²) < 4.78 is 0. The van der Waals surface area contributed by atoms with Crippen molar-refractivity contribution in [3.63, 3.8) is 0 Å². The predicted molar refractivity (Wildman–Crippen MR) is 88.6 cm³/mol. The van der Waals surface area contributed by atoms with Gasteiger partial charge in [0.15, 0.2) is 0 Å². The van der Waals surface area contributed by atoms with Gasteiger partial charge in [-0.2, -0.15) is 0 Å². The molecule has 3 heteroatoms. The number of aryl methyl sites for hydroxylation is 1. The van der Waals surface area contributed by atoms with E-state index >= 15 is 0 Å². The largest absolute Gasteiger partial charge is 0.399 e. The zero-order valence-corrected chi connectivity index (χ0v) is 12.7. The molecule has 0 unspecified atom stereocenters. The molecule has 0 aliphatic carbocycles. The van der Waals surface area contributed by atoms with Crippen molar-refractivity contribution in [2.45, 2.75) is 26.7 Å². The number of rotatable bonds is 5. The lowest BCUT2D eigenvalue weighted by atomic mass is 10.0. The van der Waals surface area contributed by atoms with Crippen LogP contribution in [0.1, 0.15) is 36.2 Å². The number of carbonyl (C=O) groups excluding carboxylic acids is 1. The van der Waals surface area contributed by atoms with Crippen molar-refractivity contribution in [1.29, 1.82) is 0 Å². The number of amides is 1. The molecule has 0 aliphatic rings. The number of nitrogens with zero attached hydrogens (tertiary/aromatic N) is 1.